The zero-order valence-corrected chi connectivity index (χ0v) is 16.2. The molecule has 0 unspecified atom stereocenters. The predicted molar refractivity (Wildman–Crippen MR) is 114 cm³/mol. The van der Waals surface area contributed by atoms with Crippen LogP contribution in [0.15, 0.2) is 66.7 Å². The summed E-state index contributed by atoms with van der Waals surface area (Å²) < 4.78 is 5.64. The molecule has 4 rings (SSSR count). The van der Waals surface area contributed by atoms with Crippen LogP contribution < -0.4 is 15.4 Å². The molecule has 1 aliphatic carbocycles. The normalized spacial score (nSPS) is 13.9. The summed E-state index contributed by atoms with van der Waals surface area (Å²) in [5.41, 5.74) is 0.966. The Labute approximate surface area is 170 Å². The minimum Gasteiger partial charge on any atom is -0.484 e. The van der Waals surface area contributed by atoms with E-state index >= 15 is 0 Å². The number of carbonyl (C=O) groups is 2. The van der Waals surface area contributed by atoms with Crippen molar-refractivity contribution in [2.24, 2.45) is 0 Å². The summed E-state index contributed by atoms with van der Waals surface area (Å²) in [5.74, 6) is 0.175. The lowest BCUT2D eigenvalue weighted by atomic mass is 10.1. The number of benzene rings is 3. The molecule has 148 valence electrons. The van der Waals surface area contributed by atoms with Gasteiger partial charge in [0, 0.05) is 6.04 Å². The number of nitrogens with one attached hydrogen (secondary N) is 2. The Hall–Kier alpha value is -3.34. The van der Waals surface area contributed by atoms with Gasteiger partial charge < -0.3 is 15.4 Å². The van der Waals surface area contributed by atoms with E-state index in [1.165, 1.54) is 0 Å². The fourth-order valence-electron chi connectivity index (χ4n) is 3.72. The zero-order chi connectivity index (χ0) is 20.1. The Morgan fingerprint density at radius 2 is 1.62 bits per heavy atom. The van der Waals surface area contributed by atoms with Crippen LogP contribution in [0.25, 0.3) is 10.8 Å². The van der Waals surface area contributed by atoms with E-state index in [4.69, 9.17) is 4.74 Å². The number of carbonyl (C=O) groups excluding carboxylic acids is 2. The van der Waals surface area contributed by atoms with Gasteiger partial charge in [-0.15, -0.1) is 0 Å². The largest absolute Gasteiger partial charge is 0.484 e. The van der Waals surface area contributed by atoms with E-state index in [0.717, 1.165) is 36.5 Å². The maximum atomic E-state index is 12.6. The molecule has 0 aliphatic heterocycles. The Bertz CT molecular complexity index is 1030. The van der Waals surface area contributed by atoms with Gasteiger partial charge in [-0.2, -0.15) is 0 Å². The van der Waals surface area contributed by atoms with Gasteiger partial charge in [0.1, 0.15) is 5.75 Å². The molecule has 3 aromatic rings. The van der Waals surface area contributed by atoms with Gasteiger partial charge in [0.15, 0.2) is 6.61 Å². The van der Waals surface area contributed by atoms with Gasteiger partial charge >= 0.3 is 0 Å². The molecular formula is C24H24N2O3. The quantitative estimate of drug-likeness (QED) is 0.652. The van der Waals surface area contributed by atoms with E-state index < -0.39 is 0 Å². The van der Waals surface area contributed by atoms with Gasteiger partial charge in [-0.3, -0.25) is 9.59 Å². The van der Waals surface area contributed by atoms with Crippen LogP contribution in [0.5, 0.6) is 5.75 Å². The van der Waals surface area contributed by atoms with Crippen LogP contribution in [0.4, 0.5) is 5.69 Å². The van der Waals surface area contributed by atoms with E-state index in [1.807, 2.05) is 42.5 Å². The molecule has 0 radical (unpaired) electrons. The highest BCUT2D eigenvalue weighted by atomic mass is 16.5. The Morgan fingerprint density at radius 3 is 2.45 bits per heavy atom. The highest BCUT2D eigenvalue weighted by molar-refractivity contribution is 6.04. The van der Waals surface area contributed by atoms with E-state index in [2.05, 4.69) is 10.6 Å². The number of hydrogen-bond acceptors (Lipinski definition) is 3. The molecule has 5 nitrogen and oxygen atoms in total. The van der Waals surface area contributed by atoms with Crippen molar-refractivity contribution in [3.8, 4) is 5.75 Å². The van der Waals surface area contributed by atoms with Crippen molar-refractivity contribution >= 4 is 28.3 Å². The number of rotatable bonds is 6. The lowest BCUT2D eigenvalue weighted by Crippen LogP contribution is -2.33. The van der Waals surface area contributed by atoms with Crippen molar-refractivity contribution in [2.75, 3.05) is 11.9 Å². The molecule has 0 bridgehead atoms. The Balaban J connectivity index is 1.38. The van der Waals surface area contributed by atoms with Crippen molar-refractivity contribution in [2.45, 2.75) is 31.7 Å². The van der Waals surface area contributed by atoms with Gasteiger partial charge in [-0.25, -0.2) is 0 Å². The molecule has 1 saturated carbocycles. The van der Waals surface area contributed by atoms with Crippen LogP contribution in [0.3, 0.4) is 0 Å². The fraction of sp³-hybridized carbons (Fsp3) is 0.250. The Morgan fingerprint density at radius 1 is 0.897 bits per heavy atom. The van der Waals surface area contributed by atoms with Crippen LogP contribution in [0.1, 0.15) is 36.0 Å². The van der Waals surface area contributed by atoms with Crippen LogP contribution in [0, 0.1) is 0 Å². The van der Waals surface area contributed by atoms with Gasteiger partial charge in [0.25, 0.3) is 11.8 Å². The summed E-state index contributed by atoms with van der Waals surface area (Å²) in [7, 11) is 0. The van der Waals surface area contributed by atoms with Crippen molar-refractivity contribution in [1.29, 1.82) is 0 Å². The molecule has 0 aromatic heterocycles. The van der Waals surface area contributed by atoms with Crippen molar-refractivity contribution < 1.29 is 14.3 Å². The van der Waals surface area contributed by atoms with Crippen LogP contribution in [-0.4, -0.2) is 24.5 Å². The smallest absolute Gasteiger partial charge is 0.262 e. The number of ether oxygens (including phenoxy) is 1. The van der Waals surface area contributed by atoms with Crippen LogP contribution in [-0.2, 0) is 4.79 Å². The molecule has 0 saturated heterocycles. The molecule has 1 fully saturated rings. The fourth-order valence-corrected chi connectivity index (χ4v) is 3.72. The average molecular weight is 388 g/mol. The monoisotopic (exact) mass is 388 g/mol. The topological polar surface area (TPSA) is 67.4 Å². The Kier molecular flexibility index (Phi) is 5.75. The molecule has 0 spiro atoms. The maximum absolute atomic E-state index is 12.6. The first-order valence-corrected chi connectivity index (χ1v) is 10.0. The van der Waals surface area contributed by atoms with Crippen LogP contribution in [0.2, 0.25) is 0 Å². The lowest BCUT2D eigenvalue weighted by Gasteiger charge is -2.15. The van der Waals surface area contributed by atoms with Crippen molar-refractivity contribution in [3.63, 3.8) is 0 Å². The average Bonchev–Trinajstić information content (AvgIpc) is 3.25. The van der Waals surface area contributed by atoms with E-state index in [0.29, 0.717) is 17.0 Å². The summed E-state index contributed by atoms with van der Waals surface area (Å²) in [5, 5.41) is 8.03. The molecule has 2 N–H and O–H groups in total. The summed E-state index contributed by atoms with van der Waals surface area (Å²) in [4.78, 5) is 25.0. The molecule has 0 atom stereocenters. The van der Waals surface area contributed by atoms with E-state index in [1.54, 1.807) is 24.3 Å². The first-order valence-electron chi connectivity index (χ1n) is 10.0. The molecule has 3 aromatic carbocycles. The summed E-state index contributed by atoms with van der Waals surface area (Å²) in [6, 6.07) is 21.0. The number of fused-ring (bicyclic) bond motifs is 1. The number of amides is 2. The first-order chi connectivity index (χ1) is 14.2. The van der Waals surface area contributed by atoms with Crippen molar-refractivity contribution in [1.82, 2.24) is 5.32 Å². The second-order valence-electron chi connectivity index (χ2n) is 7.35. The molecule has 1 aliphatic rings. The van der Waals surface area contributed by atoms with E-state index in [-0.39, 0.29) is 24.5 Å². The minimum absolute atomic E-state index is 0.128. The standard InChI is InChI=1S/C24H24N2O3/c27-23(16-29-20-14-13-17-7-1-2-8-18(17)15-20)26-22-12-6-5-11-21(22)24(28)25-19-9-3-4-10-19/h1-2,5-8,11-15,19H,3-4,9-10,16H2,(H,25,28)(H,26,27). The predicted octanol–water partition coefficient (Wildman–Crippen LogP) is 4.53. The molecular weight excluding hydrogens is 364 g/mol. The van der Waals surface area contributed by atoms with Gasteiger partial charge in [-0.05, 0) is 47.9 Å². The van der Waals surface area contributed by atoms with E-state index in [9.17, 15) is 9.59 Å². The van der Waals surface area contributed by atoms with Gasteiger partial charge in [0.05, 0.1) is 11.3 Å². The molecule has 2 amide bonds. The third kappa shape index (κ3) is 4.74. The number of para-hydroxylation sites is 1. The number of hydrogen-bond donors (Lipinski definition) is 2. The summed E-state index contributed by atoms with van der Waals surface area (Å²) >= 11 is 0. The van der Waals surface area contributed by atoms with Gasteiger partial charge in [-0.1, -0.05) is 55.3 Å². The van der Waals surface area contributed by atoms with Crippen molar-refractivity contribution in [3.05, 3.63) is 72.3 Å². The zero-order valence-electron chi connectivity index (χ0n) is 16.2. The molecule has 29 heavy (non-hydrogen) atoms. The highest BCUT2D eigenvalue weighted by Crippen LogP contribution is 2.22. The molecule has 0 heterocycles. The second kappa shape index (κ2) is 8.78. The minimum atomic E-state index is -0.306. The van der Waals surface area contributed by atoms with Crippen LogP contribution >= 0.6 is 0 Å². The first kappa shape index (κ1) is 19.0. The summed E-state index contributed by atoms with van der Waals surface area (Å²) in [6.45, 7) is -0.128. The lowest BCUT2D eigenvalue weighted by molar-refractivity contribution is -0.118. The SMILES string of the molecule is O=C(COc1ccc2ccccc2c1)Nc1ccccc1C(=O)NC1CCCC1. The highest BCUT2D eigenvalue weighted by Gasteiger charge is 2.20. The third-order valence-corrected chi connectivity index (χ3v) is 5.23. The number of anilines is 1. The summed E-state index contributed by atoms with van der Waals surface area (Å²) in [6.07, 6.45) is 4.32. The third-order valence-electron chi connectivity index (χ3n) is 5.23. The maximum Gasteiger partial charge on any atom is 0.262 e. The second-order valence-corrected chi connectivity index (χ2v) is 7.35. The van der Waals surface area contributed by atoms with Gasteiger partial charge in [0.2, 0.25) is 0 Å². The molecule has 5 heteroatoms.